The Kier molecular flexibility index (Phi) is 7.52. The van der Waals surface area contributed by atoms with Crippen molar-refractivity contribution in [3.05, 3.63) is 35.6 Å². The Hall–Kier alpha value is -2.79. The van der Waals surface area contributed by atoms with Crippen LogP contribution in [0.2, 0.25) is 0 Å². The lowest BCUT2D eigenvalue weighted by molar-refractivity contribution is -0.139. The van der Waals surface area contributed by atoms with E-state index in [1.165, 1.54) is 12.1 Å². The largest absolute Gasteiger partial charge is 0.378 e. The number of ether oxygens (including phenoxy) is 1. The van der Waals surface area contributed by atoms with Crippen molar-refractivity contribution in [3.63, 3.8) is 0 Å². The summed E-state index contributed by atoms with van der Waals surface area (Å²) < 4.78 is 18.9. The van der Waals surface area contributed by atoms with Crippen LogP contribution in [-0.4, -0.2) is 55.2 Å². The average Bonchev–Trinajstić information content (AvgIpc) is 3.54. The van der Waals surface area contributed by atoms with Gasteiger partial charge in [-0.3, -0.25) is 9.59 Å². The third kappa shape index (κ3) is 6.36. The Bertz CT molecular complexity index is 824. The fourth-order valence-corrected chi connectivity index (χ4v) is 3.54. The van der Waals surface area contributed by atoms with Crippen molar-refractivity contribution in [1.82, 2.24) is 10.2 Å². The number of benzene rings is 1. The molecule has 2 heterocycles. The van der Waals surface area contributed by atoms with Crippen molar-refractivity contribution in [2.24, 2.45) is 16.1 Å². The molecule has 160 valence electrons. The summed E-state index contributed by atoms with van der Waals surface area (Å²) in [5, 5.41) is 10.9. The van der Waals surface area contributed by atoms with Crippen LogP contribution in [-0.2, 0) is 20.7 Å². The molecule has 1 aromatic carbocycles. The normalized spacial score (nSPS) is 17.8. The smallest absolute Gasteiger partial charge is 0.227 e. The highest BCUT2D eigenvalue weighted by molar-refractivity contribution is 5.81. The van der Waals surface area contributed by atoms with Crippen molar-refractivity contribution < 1.29 is 18.7 Å². The zero-order chi connectivity index (χ0) is 21.4. The first-order valence-electron chi connectivity index (χ1n) is 10.3. The van der Waals surface area contributed by atoms with Crippen molar-refractivity contribution in [2.45, 2.75) is 37.8 Å². The molecular weight excluding hydrogens is 387 g/mol. The minimum atomic E-state index is -0.506. The predicted octanol–water partition coefficient (Wildman–Crippen LogP) is 2.32. The molecule has 30 heavy (non-hydrogen) atoms. The molecular formula is C22H27FN4O3. The van der Waals surface area contributed by atoms with Crippen LogP contribution in [0.25, 0.3) is 0 Å². The molecule has 0 saturated carbocycles. The minimum Gasteiger partial charge on any atom is -0.378 e. The number of nitrogens with zero attached hydrogens (tertiary/aromatic N) is 3. The van der Waals surface area contributed by atoms with Gasteiger partial charge in [-0.2, -0.15) is 10.2 Å². The highest BCUT2D eigenvalue weighted by atomic mass is 19.1. The molecule has 0 aliphatic carbocycles. The van der Waals surface area contributed by atoms with Crippen LogP contribution < -0.4 is 5.32 Å². The SMILES string of the molecule is C#CCCC1(CCC(=O)NCC(Cc2cccc(F)c2)C(=O)N2CCOCC2)N=N1. The van der Waals surface area contributed by atoms with Gasteiger partial charge in [0.25, 0.3) is 0 Å². The number of hydrogen-bond donors (Lipinski definition) is 1. The minimum absolute atomic E-state index is 0.0551. The van der Waals surface area contributed by atoms with E-state index in [2.05, 4.69) is 21.5 Å². The first kappa shape index (κ1) is 21.9. The van der Waals surface area contributed by atoms with E-state index in [1.54, 1.807) is 17.0 Å². The van der Waals surface area contributed by atoms with Gasteiger partial charge in [-0.15, -0.1) is 12.3 Å². The number of amides is 2. The molecule has 3 rings (SSSR count). The summed E-state index contributed by atoms with van der Waals surface area (Å²) in [5.41, 5.74) is 0.216. The van der Waals surface area contributed by atoms with Crippen LogP contribution in [0.3, 0.4) is 0 Å². The molecule has 1 N–H and O–H groups in total. The summed E-state index contributed by atoms with van der Waals surface area (Å²) in [6, 6.07) is 6.20. The highest BCUT2D eigenvalue weighted by Gasteiger charge is 2.39. The third-order valence-electron chi connectivity index (χ3n) is 5.39. The number of halogens is 1. The molecule has 1 fully saturated rings. The first-order chi connectivity index (χ1) is 14.5. The Morgan fingerprint density at radius 2 is 2.07 bits per heavy atom. The van der Waals surface area contributed by atoms with Crippen molar-refractivity contribution >= 4 is 11.8 Å². The highest BCUT2D eigenvalue weighted by Crippen LogP contribution is 2.37. The maximum absolute atomic E-state index is 13.6. The maximum atomic E-state index is 13.6. The topological polar surface area (TPSA) is 83.4 Å². The summed E-state index contributed by atoms with van der Waals surface area (Å²) >= 11 is 0. The summed E-state index contributed by atoms with van der Waals surface area (Å²) in [6.07, 6.45) is 7.62. The third-order valence-corrected chi connectivity index (χ3v) is 5.39. The number of rotatable bonds is 10. The second-order valence-corrected chi connectivity index (χ2v) is 7.66. The van der Waals surface area contributed by atoms with Crippen molar-refractivity contribution in [2.75, 3.05) is 32.8 Å². The van der Waals surface area contributed by atoms with Gasteiger partial charge < -0.3 is 15.0 Å². The van der Waals surface area contributed by atoms with Crippen LogP contribution in [0, 0.1) is 24.1 Å². The van der Waals surface area contributed by atoms with E-state index >= 15 is 0 Å². The van der Waals surface area contributed by atoms with Gasteiger partial charge >= 0.3 is 0 Å². The molecule has 2 amide bonds. The van der Waals surface area contributed by atoms with Gasteiger partial charge in [0, 0.05) is 45.3 Å². The van der Waals surface area contributed by atoms with Crippen molar-refractivity contribution in [3.8, 4) is 12.3 Å². The fourth-order valence-electron chi connectivity index (χ4n) is 3.54. The van der Waals surface area contributed by atoms with Crippen LogP contribution in [0.4, 0.5) is 4.39 Å². The molecule has 0 bridgehead atoms. The Morgan fingerprint density at radius 3 is 2.73 bits per heavy atom. The summed E-state index contributed by atoms with van der Waals surface area (Å²) in [7, 11) is 0. The monoisotopic (exact) mass is 414 g/mol. The summed E-state index contributed by atoms with van der Waals surface area (Å²) in [5.74, 6) is 1.53. The van der Waals surface area contributed by atoms with E-state index in [9.17, 15) is 14.0 Å². The predicted molar refractivity (Wildman–Crippen MR) is 109 cm³/mol. The molecule has 1 atom stereocenters. The molecule has 2 aliphatic rings. The zero-order valence-corrected chi connectivity index (χ0v) is 17.0. The maximum Gasteiger partial charge on any atom is 0.227 e. The van der Waals surface area contributed by atoms with Gasteiger partial charge in [0.05, 0.1) is 19.1 Å². The van der Waals surface area contributed by atoms with Crippen LogP contribution >= 0.6 is 0 Å². The number of hydrogen-bond acceptors (Lipinski definition) is 5. The molecule has 0 radical (unpaired) electrons. The summed E-state index contributed by atoms with van der Waals surface area (Å²) in [6.45, 7) is 2.23. The lowest BCUT2D eigenvalue weighted by Crippen LogP contribution is -2.47. The van der Waals surface area contributed by atoms with E-state index in [-0.39, 0.29) is 30.6 Å². The van der Waals surface area contributed by atoms with Gasteiger partial charge in [-0.05, 0) is 24.1 Å². The van der Waals surface area contributed by atoms with E-state index in [0.717, 1.165) is 5.56 Å². The van der Waals surface area contributed by atoms with Crippen LogP contribution in [0.15, 0.2) is 34.5 Å². The van der Waals surface area contributed by atoms with E-state index in [4.69, 9.17) is 11.2 Å². The Labute approximate surface area is 176 Å². The Morgan fingerprint density at radius 1 is 1.30 bits per heavy atom. The summed E-state index contributed by atoms with van der Waals surface area (Å²) in [4.78, 5) is 27.1. The lowest BCUT2D eigenvalue weighted by Gasteiger charge is -2.30. The van der Waals surface area contributed by atoms with Gasteiger partial charge in [-0.25, -0.2) is 4.39 Å². The molecule has 1 aromatic rings. The molecule has 0 aromatic heterocycles. The van der Waals surface area contributed by atoms with Gasteiger partial charge in [0.1, 0.15) is 5.82 Å². The zero-order valence-electron chi connectivity index (χ0n) is 17.0. The molecule has 1 unspecified atom stereocenters. The van der Waals surface area contributed by atoms with E-state index in [0.29, 0.717) is 52.0 Å². The number of nitrogens with one attached hydrogen (secondary N) is 1. The van der Waals surface area contributed by atoms with E-state index in [1.807, 2.05) is 0 Å². The molecule has 0 spiro atoms. The fraction of sp³-hybridized carbons (Fsp3) is 0.545. The van der Waals surface area contributed by atoms with Crippen molar-refractivity contribution in [1.29, 1.82) is 0 Å². The molecule has 8 heteroatoms. The number of carbonyl (C=O) groups excluding carboxylic acids is 2. The van der Waals surface area contributed by atoms with Crippen LogP contribution in [0.5, 0.6) is 0 Å². The molecule has 1 saturated heterocycles. The van der Waals surface area contributed by atoms with Gasteiger partial charge in [0.15, 0.2) is 5.66 Å². The van der Waals surface area contributed by atoms with Gasteiger partial charge in [0.2, 0.25) is 11.8 Å². The average molecular weight is 414 g/mol. The Balaban J connectivity index is 1.55. The number of terminal acetylenes is 1. The number of carbonyl (C=O) groups is 2. The second-order valence-electron chi connectivity index (χ2n) is 7.66. The first-order valence-corrected chi connectivity index (χ1v) is 10.3. The lowest BCUT2D eigenvalue weighted by atomic mass is 9.97. The van der Waals surface area contributed by atoms with E-state index < -0.39 is 11.6 Å². The quantitative estimate of drug-likeness (QED) is 0.597. The van der Waals surface area contributed by atoms with Crippen LogP contribution in [0.1, 0.15) is 31.2 Å². The molecule has 2 aliphatic heterocycles. The number of morpholine rings is 1. The second kappa shape index (κ2) is 10.3. The standard InChI is InChI=1S/C22H27FN4O3/c1-2-3-8-22(25-26-22)9-7-20(28)24-16-18(14-17-5-4-6-19(23)15-17)21(29)27-10-12-30-13-11-27/h1,4-6,15,18H,3,7-14,16H2,(H,24,28). The van der Waals surface area contributed by atoms with Gasteiger partial charge in [-0.1, -0.05) is 12.1 Å². The molecule has 7 nitrogen and oxygen atoms in total.